The fourth-order valence-electron chi connectivity index (χ4n) is 1.49. The molecule has 0 saturated heterocycles. The van der Waals surface area contributed by atoms with Crippen LogP contribution in [-0.4, -0.2) is 29.5 Å². The number of nitrogens with zero attached hydrogens (tertiary/aromatic N) is 2. The number of aromatic amines is 1. The van der Waals surface area contributed by atoms with E-state index in [1.165, 1.54) is 30.5 Å². The average molecular weight is 325 g/mol. The molecule has 1 aromatic carbocycles. The first-order chi connectivity index (χ1) is 9.87. The van der Waals surface area contributed by atoms with Gasteiger partial charge < -0.3 is 5.32 Å². The number of hydrogen-bond donors (Lipinski definition) is 3. The van der Waals surface area contributed by atoms with Crippen LogP contribution < -0.4 is 10.0 Å². The number of sulfonamides is 1. The molecule has 10 heteroatoms. The molecule has 0 aliphatic rings. The van der Waals surface area contributed by atoms with Gasteiger partial charge in [0.2, 0.25) is 10.7 Å². The number of anilines is 2. The molecule has 0 spiro atoms. The summed E-state index contributed by atoms with van der Waals surface area (Å²) in [5, 5.41) is 9.19. The van der Waals surface area contributed by atoms with Crippen molar-refractivity contribution in [2.45, 2.75) is 11.8 Å². The van der Waals surface area contributed by atoms with Crippen LogP contribution in [0.1, 0.15) is 6.92 Å². The van der Waals surface area contributed by atoms with Crippen molar-refractivity contribution in [3.8, 4) is 0 Å². The molecule has 0 fully saturated rings. The maximum atomic E-state index is 11.8. The molecule has 1 heterocycles. The summed E-state index contributed by atoms with van der Waals surface area (Å²) in [7, 11) is -3.83. The Bertz CT molecular complexity index is 814. The third-order valence-corrected chi connectivity index (χ3v) is 3.92. The van der Waals surface area contributed by atoms with E-state index in [1.807, 2.05) is 4.72 Å². The number of H-pyrrole nitrogens is 1. The second kappa shape index (κ2) is 5.97. The zero-order valence-electron chi connectivity index (χ0n) is 10.8. The predicted molar refractivity (Wildman–Crippen MR) is 77.9 cm³/mol. The smallest absolute Gasteiger partial charge is 0.264 e. The van der Waals surface area contributed by atoms with E-state index in [-0.39, 0.29) is 9.67 Å². The Morgan fingerprint density at radius 2 is 1.95 bits per heavy atom. The lowest BCUT2D eigenvalue weighted by Gasteiger charge is -2.07. The van der Waals surface area contributed by atoms with Gasteiger partial charge in [0.25, 0.3) is 10.0 Å². The highest BCUT2D eigenvalue weighted by Crippen LogP contribution is 2.16. The summed E-state index contributed by atoms with van der Waals surface area (Å²) < 4.78 is 25.6. The summed E-state index contributed by atoms with van der Waals surface area (Å²) in [6, 6.07) is 5.81. The van der Waals surface area contributed by atoms with Crippen LogP contribution in [0.4, 0.5) is 11.5 Å². The fourth-order valence-corrected chi connectivity index (χ4v) is 2.63. The fraction of sp³-hybridized carbons (Fsp3) is 0.0909. The second-order valence-corrected chi connectivity index (χ2v) is 6.05. The molecule has 0 aliphatic carbocycles. The van der Waals surface area contributed by atoms with Crippen molar-refractivity contribution in [3.05, 3.63) is 35.2 Å². The van der Waals surface area contributed by atoms with Gasteiger partial charge >= 0.3 is 0 Å². The van der Waals surface area contributed by atoms with E-state index in [2.05, 4.69) is 20.5 Å². The van der Waals surface area contributed by atoms with Crippen LogP contribution in [0.15, 0.2) is 35.4 Å². The lowest BCUT2D eigenvalue weighted by molar-refractivity contribution is -0.117. The Morgan fingerprint density at radius 3 is 2.52 bits per heavy atom. The molecule has 0 atom stereocenters. The standard InChI is InChI=1S/C11H11N5O3S2/c1-7(17)16-21(18,19)9-4-2-8(3-5-9)13-10-6-12-15-11(20)14-10/h2-6H,1H3,(H,16,17)(H2,13,14,15,20). The van der Waals surface area contributed by atoms with Gasteiger partial charge in [-0.05, 0) is 36.5 Å². The zero-order valence-corrected chi connectivity index (χ0v) is 12.5. The Morgan fingerprint density at radius 1 is 1.29 bits per heavy atom. The average Bonchev–Trinajstić information content (AvgIpc) is 2.38. The summed E-state index contributed by atoms with van der Waals surface area (Å²) in [5.74, 6) is -0.220. The van der Waals surface area contributed by atoms with Gasteiger partial charge in [0.15, 0.2) is 5.82 Å². The van der Waals surface area contributed by atoms with Crippen molar-refractivity contribution in [2.24, 2.45) is 0 Å². The largest absolute Gasteiger partial charge is 0.339 e. The van der Waals surface area contributed by atoms with Crippen LogP contribution in [0.2, 0.25) is 0 Å². The van der Waals surface area contributed by atoms with Gasteiger partial charge in [-0.1, -0.05) is 0 Å². The number of carbonyl (C=O) groups is 1. The molecule has 110 valence electrons. The van der Waals surface area contributed by atoms with Crippen molar-refractivity contribution < 1.29 is 13.2 Å². The van der Waals surface area contributed by atoms with Crippen molar-refractivity contribution in [3.63, 3.8) is 0 Å². The molecule has 0 aliphatic heterocycles. The SMILES string of the molecule is CC(=O)NS(=O)(=O)c1ccc(Nc2cn[nH]c(=S)n2)cc1. The van der Waals surface area contributed by atoms with E-state index in [1.54, 1.807) is 0 Å². The minimum atomic E-state index is -3.83. The Labute approximate surface area is 125 Å². The lowest BCUT2D eigenvalue weighted by atomic mass is 10.3. The molecule has 0 unspecified atom stereocenters. The van der Waals surface area contributed by atoms with Crippen LogP contribution in [0.5, 0.6) is 0 Å². The first kappa shape index (κ1) is 15.1. The summed E-state index contributed by atoms with van der Waals surface area (Å²) in [6.07, 6.45) is 1.44. The number of nitrogens with one attached hydrogen (secondary N) is 3. The highest BCUT2D eigenvalue weighted by Gasteiger charge is 2.14. The molecule has 2 rings (SSSR count). The van der Waals surface area contributed by atoms with Crippen LogP contribution in [0.25, 0.3) is 0 Å². The maximum Gasteiger partial charge on any atom is 0.264 e. The molecule has 3 N–H and O–H groups in total. The van der Waals surface area contributed by atoms with E-state index in [4.69, 9.17) is 12.2 Å². The number of rotatable bonds is 4. The topological polar surface area (TPSA) is 117 Å². The Hall–Kier alpha value is -2.33. The third kappa shape index (κ3) is 4.07. The van der Waals surface area contributed by atoms with Gasteiger partial charge in [0, 0.05) is 12.6 Å². The number of amides is 1. The maximum absolute atomic E-state index is 11.8. The van der Waals surface area contributed by atoms with E-state index < -0.39 is 15.9 Å². The van der Waals surface area contributed by atoms with Crippen LogP contribution in [-0.2, 0) is 14.8 Å². The normalized spacial score (nSPS) is 10.9. The van der Waals surface area contributed by atoms with Gasteiger partial charge in [-0.25, -0.2) is 13.1 Å². The van der Waals surface area contributed by atoms with Gasteiger partial charge in [0.1, 0.15) is 0 Å². The van der Waals surface area contributed by atoms with E-state index >= 15 is 0 Å². The molecule has 2 aromatic rings. The van der Waals surface area contributed by atoms with Crippen LogP contribution in [0, 0.1) is 4.77 Å². The first-order valence-electron chi connectivity index (χ1n) is 5.69. The molecule has 21 heavy (non-hydrogen) atoms. The number of carbonyl (C=O) groups excluding carboxylic acids is 1. The Balaban J connectivity index is 2.20. The van der Waals surface area contributed by atoms with Gasteiger partial charge in [-0.3, -0.25) is 9.89 Å². The van der Waals surface area contributed by atoms with Crippen molar-refractivity contribution >= 4 is 39.7 Å². The first-order valence-corrected chi connectivity index (χ1v) is 7.58. The molecule has 0 bridgehead atoms. The monoisotopic (exact) mass is 325 g/mol. The quantitative estimate of drug-likeness (QED) is 0.721. The molecule has 0 radical (unpaired) electrons. The number of hydrogen-bond acceptors (Lipinski definition) is 7. The van der Waals surface area contributed by atoms with Gasteiger partial charge in [0.05, 0.1) is 11.1 Å². The highest BCUT2D eigenvalue weighted by atomic mass is 32.2. The zero-order chi connectivity index (χ0) is 15.5. The lowest BCUT2D eigenvalue weighted by Crippen LogP contribution is -2.28. The second-order valence-electron chi connectivity index (χ2n) is 3.98. The minimum absolute atomic E-state index is 0.0142. The summed E-state index contributed by atoms with van der Waals surface area (Å²) >= 11 is 4.84. The van der Waals surface area contributed by atoms with E-state index in [9.17, 15) is 13.2 Å². The molecule has 1 amide bonds. The molecule has 8 nitrogen and oxygen atoms in total. The minimum Gasteiger partial charge on any atom is -0.339 e. The van der Waals surface area contributed by atoms with Crippen LogP contribution in [0.3, 0.4) is 0 Å². The van der Waals surface area contributed by atoms with Crippen molar-refractivity contribution in [2.75, 3.05) is 5.32 Å². The van der Waals surface area contributed by atoms with Crippen molar-refractivity contribution in [1.82, 2.24) is 19.9 Å². The Kier molecular flexibility index (Phi) is 4.29. The predicted octanol–water partition coefficient (Wildman–Crippen LogP) is 1.10. The van der Waals surface area contributed by atoms with E-state index in [0.717, 1.165) is 6.92 Å². The molecule has 1 aromatic heterocycles. The molecular weight excluding hydrogens is 314 g/mol. The van der Waals surface area contributed by atoms with Crippen molar-refractivity contribution in [1.29, 1.82) is 0 Å². The number of aromatic nitrogens is 3. The van der Waals surface area contributed by atoms with Gasteiger partial charge in [-0.15, -0.1) is 0 Å². The van der Waals surface area contributed by atoms with Crippen LogP contribution >= 0.6 is 12.2 Å². The summed E-state index contributed by atoms with van der Waals surface area (Å²) in [4.78, 5) is 14.8. The molecular formula is C11H11N5O3S2. The summed E-state index contributed by atoms with van der Waals surface area (Å²) in [5.41, 5.74) is 0.603. The summed E-state index contributed by atoms with van der Waals surface area (Å²) in [6.45, 7) is 1.13. The third-order valence-electron chi connectivity index (χ3n) is 2.28. The number of benzene rings is 1. The molecule has 0 saturated carbocycles. The van der Waals surface area contributed by atoms with Gasteiger partial charge in [-0.2, -0.15) is 10.1 Å². The highest BCUT2D eigenvalue weighted by molar-refractivity contribution is 7.90. The van der Waals surface area contributed by atoms with E-state index in [0.29, 0.717) is 11.5 Å².